The summed E-state index contributed by atoms with van der Waals surface area (Å²) in [7, 11) is 5.35. The van der Waals surface area contributed by atoms with Gasteiger partial charge in [0, 0.05) is 59.4 Å². The monoisotopic (exact) mass is 515 g/mol. The van der Waals surface area contributed by atoms with Crippen molar-refractivity contribution in [2.75, 3.05) is 53.9 Å². The molecule has 1 fully saturated rings. The molecule has 2 rings (SSSR count). The van der Waals surface area contributed by atoms with Crippen molar-refractivity contribution in [3.8, 4) is 0 Å². The number of amides is 1. The zero-order valence-electron chi connectivity index (χ0n) is 18.6. The lowest BCUT2D eigenvalue weighted by Gasteiger charge is -2.35. The predicted octanol–water partition coefficient (Wildman–Crippen LogP) is 2.69. The van der Waals surface area contributed by atoms with Gasteiger partial charge in [-0.05, 0) is 42.4 Å². The molecule has 1 amide bonds. The minimum atomic E-state index is 0. The smallest absolute Gasteiger partial charge is 0.253 e. The minimum Gasteiger partial charge on any atom is -0.356 e. The third-order valence-electron chi connectivity index (χ3n) is 5.17. The molecule has 29 heavy (non-hydrogen) atoms. The summed E-state index contributed by atoms with van der Waals surface area (Å²) in [6.45, 7) is 9.79. The van der Waals surface area contributed by atoms with Crippen molar-refractivity contribution in [2.45, 2.75) is 26.7 Å². The van der Waals surface area contributed by atoms with E-state index in [0.717, 1.165) is 55.0 Å². The highest BCUT2D eigenvalue weighted by molar-refractivity contribution is 14.0. The summed E-state index contributed by atoms with van der Waals surface area (Å²) in [5, 5.41) is 6.78. The summed E-state index contributed by atoms with van der Waals surface area (Å²) in [5.74, 6) is 2.44. The average molecular weight is 515 g/mol. The number of rotatable bonds is 7. The van der Waals surface area contributed by atoms with Crippen molar-refractivity contribution >= 4 is 35.8 Å². The Labute approximate surface area is 193 Å². The predicted molar refractivity (Wildman–Crippen MR) is 132 cm³/mol. The number of hydrogen-bond acceptors (Lipinski definition) is 3. The van der Waals surface area contributed by atoms with Crippen molar-refractivity contribution < 1.29 is 4.79 Å². The number of guanidine groups is 1. The van der Waals surface area contributed by atoms with Crippen LogP contribution in [0.1, 0.15) is 36.2 Å². The second-order valence-electron chi connectivity index (χ2n) is 8.28. The van der Waals surface area contributed by atoms with Crippen LogP contribution in [0.3, 0.4) is 0 Å². The van der Waals surface area contributed by atoms with E-state index < -0.39 is 0 Å². The number of nitrogens with zero attached hydrogens (tertiary/aromatic N) is 3. The molecule has 1 heterocycles. The van der Waals surface area contributed by atoms with Crippen molar-refractivity contribution in [2.24, 2.45) is 16.8 Å². The van der Waals surface area contributed by atoms with Crippen molar-refractivity contribution in [3.05, 3.63) is 35.4 Å². The molecule has 1 aliphatic rings. The lowest BCUT2D eigenvalue weighted by Crippen LogP contribution is -2.45. The molecule has 2 N–H and O–H groups in total. The summed E-state index contributed by atoms with van der Waals surface area (Å²) in [6, 6.07) is 7.84. The largest absolute Gasteiger partial charge is 0.356 e. The molecule has 1 aromatic rings. The van der Waals surface area contributed by atoms with Crippen LogP contribution in [0, 0.1) is 11.8 Å². The first-order valence-corrected chi connectivity index (χ1v) is 10.4. The highest BCUT2D eigenvalue weighted by Gasteiger charge is 2.21. The Hall–Kier alpha value is -1.35. The fraction of sp³-hybridized carbons (Fsp3) is 0.636. The molecule has 0 bridgehead atoms. The number of likely N-dealkylation sites (tertiary alicyclic amines) is 1. The zero-order valence-corrected chi connectivity index (χ0v) is 20.9. The first-order chi connectivity index (χ1) is 13.4. The van der Waals surface area contributed by atoms with Crippen LogP contribution in [0.5, 0.6) is 0 Å². The van der Waals surface area contributed by atoms with Crippen LogP contribution < -0.4 is 10.6 Å². The molecule has 1 aliphatic heterocycles. The Morgan fingerprint density at radius 3 is 2.45 bits per heavy atom. The molecule has 0 saturated carbocycles. The van der Waals surface area contributed by atoms with Gasteiger partial charge in [-0.25, -0.2) is 0 Å². The number of hydrogen-bond donors (Lipinski definition) is 2. The van der Waals surface area contributed by atoms with E-state index in [1.807, 2.05) is 18.2 Å². The second kappa shape index (κ2) is 13.1. The van der Waals surface area contributed by atoms with Crippen molar-refractivity contribution in [3.63, 3.8) is 0 Å². The van der Waals surface area contributed by atoms with E-state index in [9.17, 15) is 4.79 Å². The molecule has 6 nitrogen and oxygen atoms in total. The van der Waals surface area contributed by atoms with E-state index in [4.69, 9.17) is 0 Å². The molecule has 2 unspecified atom stereocenters. The van der Waals surface area contributed by atoms with Crippen molar-refractivity contribution in [1.82, 2.24) is 20.4 Å². The highest BCUT2D eigenvalue weighted by Crippen LogP contribution is 2.20. The number of nitrogens with one attached hydrogen (secondary N) is 2. The van der Waals surface area contributed by atoms with Gasteiger partial charge in [0.05, 0.1) is 0 Å². The SMILES string of the molecule is CN=C(NCCc1cccc(C(=O)N(C)C)c1)NCCN1CC(C)CC(C)C1.I. The maximum Gasteiger partial charge on any atom is 0.253 e. The van der Waals surface area contributed by atoms with E-state index in [2.05, 4.69) is 40.4 Å². The number of halogens is 1. The first kappa shape index (κ1) is 25.7. The number of aliphatic imine (C=N–C) groups is 1. The van der Waals surface area contributed by atoms with E-state index in [1.54, 1.807) is 26.0 Å². The van der Waals surface area contributed by atoms with Crippen LogP contribution in [-0.2, 0) is 6.42 Å². The fourth-order valence-electron chi connectivity index (χ4n) is 3.97. The summed E-state index contributed by atoms with van der Waals surface area (Å²) >= 11 is 0. The maximum absolute atomic E-state index is 12.1. The van der Waals surface area contributed by atoms with Gasteiger partial charge in [-0.15, -0.1) is 24.0 Å². The zero-order chi connectivity index (χ0) is 20.5. The van der Waals surface area contributed by atoms with E-state index >= 15 is 0 Å². The lowest BCUT2D eigenvalue weighted by molar-refractivity contribution is 0.0827. The van der Waals surface area contributed by atoms with Crippen LogP contribution in [0.25, 0.3) is 0 Å². The quantitative estimate of drug-likeness (QED) is 0.333. The summed E-state index contributed by atoms with van der Waals surface area (Å²) < 4.78 is 0. The first-order valence-electron chi connectivity index (χ1n) is 10.4. The Bertz CT molecular complexity index is 654. The number of benzene rings is 1. The van der Waals surface area contributed by atoms with Crippen molar-refractivity contribution in [1.29, 1.82) is 0 Å². The molecular weight excluding hydrogens is 477 g/mol. The minimum absolute atomic E-state index is 0. The third-order valence-corrected chi connectivity index (χ3v) is 5.17. The molecule has 1 saturated heterocycles. The maximum atomic E-state index is 12.1. The Morgan fingerprint density at radius 1 is 1.17 bits per heavy atom. The number of carbonyl (C=O) groups excluding carboxylic acids is 1. The molecule has 1 aromatic carbocycles. The van der Waals surface area contributed by atoms with Gasteiger partial charge in [0.15, 0.2) is 5.96 Å². The summed E-state index contributed by atoms with van der Waals surface area (Å²) in [5.41, 5.74) is 1.88. The van der Waals surface area contributed by atoms with Crippen LogP contribution in [-0.4, -0.2) is 75.5 Å². The molecular formula is C22H38IN5O. The summed E-state index contributed by atoms with van der Waals surface area (Å²) in [6.07, 6.45) is 2.19. The van der Waals surface area contributed by atoms with E-state index in [1.165, 1.54) is 19.5 Å². The molecule has 164 valence electrons. The lowest BCUT2D eigenvalue weighted by atomic mass is 9.92. The van der Waals surface area contributed by atoms with Crippen LogP contribution in [0.15, 0.2) is 29.3 Å². The Balaban J connectivity index is 0.00000420. The van der Waals surface area contributed by atoms with Gasteiger partial charge in [0.2, 0.25) is 0 Å². The molecule has 0 aliphatic carbocycles. The van der Waals surface area contributed by atoms with Gasteiger partial charge < -0.3 is 20.4 Å². The van der Waals surface area contributed by atoms with Gasteiger partial charge in [0.1, 0.15) is 0 Å². The molecule has 0 spiro atoms. The Morgan fingerprint density at radius 2 is 1.83 bits per heavy atom. The molecule has 2 atom stereocenters. The van der Waals surface area contributed by atoms with Gasteiger partial charge >= 0.3 is 0 Å². The number of piperidine rings is 1. The molecule has 7 heteroatoms. The topological polar surface area (TPSA) is 60.0 Å². The number of carbonyl (C=O) groups is 1. The third kappa shape index (κ3) is 8.90. The van der Waals surface area contributed by atoms with Gasteiger partial charge in [-0.2, -0.15) is 0 Å². The Kier molecular flexibility index (Phi) is 11.6. The van der Waals surface area contributed by atoms with Gasteiger partial charge in [0.25, 0.3) is 5.91 Å². The van der Waals surface area contributed by atoms with E-state index in [0.29, 0.717) is 0 Å². The molecule has 0 aromatic heterocycles. The van der Waals surface area contributed by atoms with Crippen LogP contribution >= 0.6 is 24.0 Å². The van der Waals surface area contributed by atoms with Crippen LogP contribution in [0.4, 0.5) is 0 Å². The van der Waals surface area contributed by atoms with Gasteiger partial charge in [-0.1, -0.05) is 26.0 Å². The highest BCUT2D eigenvalue weighted by atomic mass is 127. The average Bonchev–Trinajstić information content (AvgIpc) is 2.65. The normalized spacial score (nSPS) is 20.0. The molecule has 0 radical (unpaired) electrons. The standard InChI is InChI=1S/C22H37N5O.HI/c1-17-13-18(2)16-27(15-17)12-11-25-22(23-3)24-10-9-19-7-6-8-20(14-19)21(28)26(4)5;/h6-8,14,17-18H,9-13,15-16H2,1-5H3,(H2,23,24,25);1H. The van der Waals surface area contributed by atoms with Gasteiger partial charge in [-0.3, -0.25) is 9.79 Å². The van der Waals surface area contributed by atoms with Crippen LogP contribution in [0.2, 0.25) is 0 Å². The fourth-order valence-corrected chi connectivity index (χ4v) is 3.97. The van der Waals surface area contributed by atoms with E-state index in [-0.39, 0.29) is 29.9 Å². The second-order valence-corrected chi connectivity index (χ2v) is 8.28. The summed E-state index contributed by atoms with van der Waals surface area (Å²) in [4.78, 5) is 20.6.